The Labute approximate surface area is 205 Å². The zero-order valence-corrected chi connectivity index (χ0v) is 19.6. The van der Waals surface area contributed by atoms with Crippen molar-refractivity contribution in [1.29, 1.82) is 0 Å². The van der Waals surface area contributed by atoms with Crippen molar-refractivity contribution < 1.29 is 32.3 Å². The van der Waals surface area contributed by atoms with Crippen LogP contribution in [0.3, 0.4) is 0 Å². The number of carbonyl (C=O) groups is 3. The molecule has 0 aliphatic carbocycles. The van der Waals surface area contributed by atoms with Gasteiger partial charge in [0.2, 0.25) is 5.91 Å². The maximum absolute atomic E-state index is 13.2. The summed E-state index contributed by atoms with van der Waals surface area (Å²) in [5, 5.41) is 6.82. The standard InChI is InChI=1S/C26H24F3N3O4/c1-3-12-36-21-11-10-19(26(27,28)29)14-20(21)30-22(33)15-32-23(34)25(2,31-24(32)35)18-9-8-16-6-4-5-7-17(16)13-18/h4-11,13-14H,3,12,15H2,1-2H3,(H,30,33)(H,31,35). The van der Waals surface area contributed by atoms with Gasteiger partial charge in [0.1, 0.15) is 17.8 Å². The Hall–Kier alpha value is -4.08. The van der Waals surface area contributed by atoms with Crippen molar-refractivity contribution in [2.45, 2.75) is 32.0 Å². The molecule has 1 unspecified atom stereocenters. The van der Waals surface area contributed by atoms with E-state index in [-0.39, 0.29) is 18.0 Å². The van der Waals surface area contributed by atoms with E-state index in [0.29, 0.717) is 12.0 Å². The quantitative estimate of drug-likeness (QED) is 0.445. The van der Waals surface area contributed by atoms with E-state index in [1.54, 1.807) is 19.1 Å². The number of nitrogens with zero attached hydrogens (tertiary/aromatic N) is 1. The average molecular weight is 499 g/mol. The van der Waals surface area contributed by atoms with Crippen molar-refractivity contribution in [3.63, 3.8) is 0 Å². The number of nitrogens with one attached hydrogen (secondary N) is 2. The minimum atomic E-state index is -4.63. The van der Waals surface area contributed by atoms with Crippen LogP contribution in [0, 0.1) is 0 Å². The summed E-state index contributed by atoms with van der Waals surface area (Å²) in [4.78, 5) is 39.4. The number of hydrogen-bond donors (Lipinski definition) is 2. The zero-order valence-electron chi connectivity index (χ0n) is 19.6. The van der Waals surface area contributed by atoms with Gasteiger partial charge in [-0.05, 0) is 53.9 Å². The molecular formula is C26H24F3N3O4. The predicted molar refractivity (Wildman–Crippen MR) is 127 cm³/mol. The Morgan fingerprint density at radius 1 is 1.06 bits per heavy atom. The van der Waals surface area contributed by atoms with Crippen LogP contribution in [-0.2, 0) is 21.3 Å². The second-order valence-electron chi connectivity index (χ2n) is 8.61. The van der Waals surface area contributed by atoms with Crippen LogP contribution in [0.5, 0.6) is 5.75 Å². The number of alkyl halides is 3. The Kier molecular flexibility index (Phi) is 6.62. The van der Waals surface area contributed by atoms with Crippen LogP contribution in [0.4, 0.5) is 23.7 Å². The summed E-state index contributed by atoms with van der Waals surface area (Å²) in [6.07, 6.45) is -4.03. The number of halogens is 3. The van der Waals surface area contributed by atoms with Crippen LogP contribution in [0.1, 0.15) is 31.4 Å². The molecule has 0 bridgehead atoms. The third kappa shape index (κ3) is 4.84. The molecule has 1 fully saturated rings. The third-order valence-corrected chi connectivity index (χ3v) is 5.95. The molecule has 4 amide bonds. The lowest BCUT2D eigenvalue weighted by Gasteiger charge is -2.22. The van der Waals surface area contributed by atoms with E-state index in [1.807, 2.05) is 37.3 Å². The molecule has 10 heteroatoms. The van der Waals surface area contributed by atoms with E-state index in [9.17, 15) is 27.6 Å². The number of rotatable bonds is 7. The molecule has 0 spiro atoms. The minimum Gasteiger partial charge on any atom is -0.491 e. The van der Waals surface area contributed by atoms with Crippen molar-refractivity contribution in [2.24, 2.45) is 0 Å². The second-order valence-corrected chi connectivity index (χ2v) is 8.61. The van der Waals surface area contributed by atoms with Crippen LogP contribution in [-0.4, -0.2) is 35.9 Å². The number of fused-ring (bicyclic) bond motifs is 1. The van der Waals surface area contributed by atoms with Gasteiger partial charge in [-0.1, -0.05) is 43.3 Å². The first-order valence-electron chi connectivity index (χ1n) is 11.3. The first-order valence-corrected chi connectivity index (χ1v) is 11.3. The molecule has 0 aromatic heterocycles. The summed E-state index contributed by atoms with van der Waals surface area (Å²) in [6.45, 7) is 2.91. The van der Waals surface area contributed by atoms with Gasteiger partial charge in [-0.15, -0.1) is 0 Å². The van der Waals surface area contributed by atoms with Gasteiger partial charge >= 0.3 is 12.2 Å². The molecule has 36 heavy (non-hydrogen) atoms. The fraction of sp³-hybridized carbons (Fsp3) is 0.269. The van der Waals surface area contributed by atoms with Crippen LogP contribution in [0.25, 0.3) is 10.8 Å². The van der Waals surface area contributed by atoms with E-state index in [0.717, 1.165) is 33.9 Å². The predicted octanol–water partition coefficient (Wildman–Crippen LogP) is 5.05. The summed E-state index contributed by atoms with van der Waals surface area (Å²) in [6, 6.07) is 14.8. The summed E-state index contributed by atoms with van der Waals surface area (Å²) in [7, 11) is 0. The number of imide groups is 1. The van der Waals surface area contributed by atoms with Gasteiger partial charge in [-0.3, -0.25) is 14.5 Å². The third-order valence-electron chi connectivity index (χ3n) is 5.95. The molecule has 3 aromatic carbocycles. The van der Waals surface area contributed by atoms with Crippen molar-refractivity contribution in [2.75, 3.05) is 18.5 Å². The van der Waals surface area contributed by atoms with Crippen molar-refractivity contribution in [1.82, 2.24) is 10.2 Å². The van der Waals surface area contributed by atoms with Gasteiger partial charge in [0.25, 0.3) is 5.91 Å². The highest BCUT2D eigenvalue weighted by molar-refractivity contribution is 6.10. The lowest BCUT2D eigenvalue weighted by molar-refractivity contribution is -0.137. The molecule has 0 saturated carbocycles. The summed E-state index contributed by atoms with van der Waals surface area (Å²) in [5.74, 6) is -1.44. The molecule has 1 aliphatic heterocycles. The molecule has 4 rings (SSSR count). The number of anilines is 1. The zero-order chi connectivity index (χ0) is 26.1. The van der Waals surface area contributed by atoms with E-state index < -0.39 is 41.7 Å². The fourth-order valence-corrected chi connectivity index (χ4v) is 4.01. The largest absolute Gasteiger partial charge is 0.491 e. The molecule has 1 atom stereocenters. The van der Waals surface area contributed by atoms with Gasteiger partial charge in [-0.25, -0.2) is 4.79 Å². The van der Waals surface area contributed by atoms with Crippen LogP contribution >= 0.6 is 0 Å². The van der Waals surface area contributed by atoms with Gasteiger partial charge in [0.15, 0.2) is 0 Å². The number of ether oxygens (including phenoxy) is 1. The number of amides is 4. The number of hydrogen-bond acceptors (Lipinski definition) is 4. The summed E-state index contributed by atoms with van der Waals surface area (Å²) >= 11 is 0. The van der Waals surface area contributed by atoms with Gasteiger partial charge < -0.3 is 15.4 Å². The number of carbonyl (C=O) groups excluding carboxylic acids is 3. The SMILES string of the molecule is CCCOc1ccc(C(F)(F)F)cc1NC(=O)CN1C(=O)NC(C)(c2ccc3ccccc3c2)C1=O. The van der Waals surface area contributed by atoms with Crippen LogP contribution in [0.15, 0.2) is 60.7 Å². The fourth-order valence-electron chi connectivity index (χ4n) is 4.01. The molecule has 1 aliphatic rings. The topological polar surface area (TPSA) is 87.7 Å². The first-order chi connectivity index (χ1) is 17.0. The molecule has 7 nitrogen and oxygen atoms in total. The highest BCUT2D eigenvalue weighted by Gasteiger charge is 2.49. The summed E-state index contributed by atoms with van der Waals surface area (Å²) < 4.78 is 45.1. The average Bonchev–Trinajstić information content (AvgIpc) is 3.06. The highest BCUT2D eigenvalue weighted by Crippen LogP contribution is 2.35. The maximum Gasteiger partial charge on any atom is 0.416 e. The molecule has 3 aromatic rings. The normalized spacial score (nSPS) is 17.9. The lowest BCUT2D eigenvalue weighted by Crippen LogP contribution is -2.42. The van der Waals surface area contributed by atoms with Crippen LogP contribution in [0.2, 0.25) is 0 Å². The molecule has 1 heterocycles. The van der Waals surface area contributed by atoms with Gasteiger partial charge in [0, 0.05) is 0 Å². The Morgan fingerprint density at radius 2 is 1.78 bits per heavy atom. The number of benzene rings is 3. The van der Waals surface area contributed by atoms with E-state index in [2.05, 4.69) is 10.6 Å². The minimum absolute atomic E-state index is 0.0522. The van der Waals surface area contributed by atoms with Gasteiger partial charge in [0.05, 0.1) is 17.9 Å². The Morgan fingerprint density at radius 3 is 2.47 bits per heavy atom. The van der Waals surface area contributed by atoms with Gasteiger partial charge in [-0.2, -0.15) is 13.2 Å². The molecule has 2 N–H and O–H groups in total. The number of urea groups is 1. The smallest absolute Gasteiger partial charge is 0.416 e. The molecule has 1 saturated heterocycles. The first kappa shape index (κ1) is 25.0. The van der Waals surface area contributed by atoms with E-state index >= 15 is 0 Å². The maximum atomic E-state index is 13.2. The second kappa shape index (κ2) is 9.52. The molecule has 0 radical (unpaired) electrons. The molecule has 188 valence electrons. The highest BCUT2D eigenvalue weighted by atomic mass is 19.4. The van der Waals surface area contributed by atoms with Crippen LogP contribution < -0.4 is 15.4 Å². The monoisotopic (exact) mass is 499 g/mol. The van der Waals surface area contributed by atoms with Crippen molar-refractivity contribution in [3.05, 3.63) is 71.8 Å². The van der Waals surface area contributed by atoms with Crippen molar-refractivity contribution in [3.8, 4) is 5.75 Å². The van der Waals surface area contributed by atoms with E-state index in [4.69, 9.17) is 4.74 Å². The lowest BCUT2D eigenvalue weighted by atomic mass is 9.90. The molecular weight excluding hydrogens is 475 g/mol. The van der Waals surface area contributed by atoms with E-state index in [1.165, 1.54) is 0 Å². The summed E-state index contributed by atoms with van der Waals surface area (Å²) in [5.41, 5.74) is -2.05. The van der Waals surface area contributed by atoms with Crippen molar-refractivity contribution >= 4 is 34.3 Å². The Bertz CT molecular complexity index is 1340. The Balaban J connectivity index is 1.54.